The molecule has 1 amide bonds. The highest BCUT2D eigenvalue weighted by Gasteiger charge is 2.18. The third-order valence-corrected chi connectivity index (χ3v) is 3.39. The summed E-state index contributed by atoms with van der Waals surface area (Å²) in [6, 6.07) is 3.50. The Morgan fingerprint density at radius 3 is 2.78 bits per heavy atom. The number of hydrogen-bond acceptors (Lipinski definition) is 4. The molecule has 6 heteroatoms. The lowest BCUT2D eigenvalue weighted by Gasteiger charge is -2.23. The molecule has 18 heavy (non-hydrogen) atoms. The fourth-order valence-corrected chi connectivity index (χ4v) is 2.18. The van der Waals surface area contributed by atoms with Crippen LogP contribution in [0, 0.1) is 0 Å². The second-order valence-electron chi connectivity index (χ2n) is 4.54. The molecule has 0 aromatic carbocycles. The van der Waals surface area contributed by atoms with Crippen LogP contribution in [-0.2, 0) is 0 Å². The molecule has 1 atom stereocenters. The van der Waals surface area contributed by atoms with Crippen LogP contribution in [0.4, 0.5) is 0 Å². The molecule has 1 aromatic rings. The molecule has 2 rings (SSSR count). The van der Waals surface area contributed by atoms with Crippen molar-refractivity contribution in [2.75, 3.05) is 19.6 Å². The smallest absolute Gasteiger partial charge is 0.271 e. The SMILES string of the molecule is CC(CNC(=O)c1ccc(Cl)nn1)N1CCCC1. The predicted molar refractivity (Wildman–Crippen MR) is 69.6 cm³/mol. The van der Waals surface area contributed by atoms with Crippen molar-refractivity contribution in [2.45, 2.75) is 25.8 Å². The van der Waals surface area contributed by atoms with Gasteiger partial charge in [0.05, 0.1) is 0 Å². The zero-order valence-corrected chi connectivity index (χ0v) is 11.2. The summed E-state index contributed by atoms with van der Waals surface area (Å²) in [5, 5.41) is 10.6. The van der Waals surface area contributed by atoms with E-state index in [-0.39, 0.29) is 11.1 Å². The van der Waals surface area contributed by atoms with Crippen LogP contribution >= 0.6 is 11.6 Å². The molecular weight excluding hydrogens is 252 g/mol. The van der Waals surface area contributed by atoms with E-state index < -0.39 is 0 Å². The first-order chi connectivity index (χ1) is 8.66. The highest BCUT2D eigenvalue weighted by atomic mass is 35.5. The van der Waals surface area contributed by atoms with E-state index in [4.69, 9.17) is 11.6 Å². The van der Waals surface area contributed by atoms with Crippen molar-refractivity contribution in [1.29, 1.82) is 0 Å². The Kier molecular flexibility index (Phi) is 4.49. The van der Waals surface area contributed by atoms with Gasteiger partial charge in [0.1, 0.15) is 0 Å². The lowest BCUT2D eigenvalue weighted by atomic mass is 10.3. The lowest BCUT2D eigenvalue weighted by Crippen LogP contribution is -2.40. The van der Waals surface area contributed by atoms with Gasteiger partial charge in [-0.05, 0) is 45.0 Å². The molecule has 2 heterocycles. The second kappa shape index (κ2) is 6.11. The van der Waals surface area contributed by atoms with Crippen molar-refractivity contribution in [3.8, 4) is 0 Å². The number of hydrogen-bond donors (Lipinski definition) is 1. The molecule has 5 nitrogen and oxygen atoms in total. The van der Waals surface area contributed by atoms with Gasteiger partial charge in [0.2, 0.25) is 0 Å². The maximum Gasteiger partial charge on any atom is 0.271 e. The van der Waals surface area contributed by atoms with E-state index in [1.165, 1.54) is 12.8 Å². The molecule has 0 spiro atoms. The first-order valence-corrected chi connectivity index (χ1v) is 6.56. The number of likely N-dealkylation sites (tertiary alicyclic amines) is 1. The predicted octanol–water partition coefficient (Wildman–Crippen LogP) is 1.34. The molecule has 1 fully saturated rings. The molecule has 1 saturated heterocycles. The van der Waals surface area contributed by atoms with E-state index in [0.717, 1.165) is 13.1 Å². The van der Waals surface area contributed by atoms with Crippen molar-refractivity contribution in [3.63, 3.8) is 0 Å². The van der Waals surface area contributed by atoms with Gasteiger partial charge >= 0.3 is 0 Å². The van der Waals surface area contributed by atoms with Crippen molar-refractivity contribution >= 4 is 17.5 Å². The van der Waals surface area contributed by atoms with Gasteiger partial charge in [0, 0.05) is 12.6 Å². The minimum atomic E-state index is -0.204. The highest BCUT2D eigenvalue weighted by molar-refractivity contribution is 6.29. The van der Waals surface area contributed by atoms with Gasteiger partial charge in [-0.15, -0.1) is 10.2 Å². The lowest BCUT2D eigenvalue weighted by molar-refractivity contribution is 0.0934. The van der Waals surface area contributed by atoms with Gasteiger partial charge in [-0.3, -0.25) is 9.69 Å². The Morgan fingerprint density at radius 2 is 2.17 bits per heavy atom. The van der Waals surface area contributed by atoms with Gasteiger partial charge in [-0.1, -0.05) is 11.6 Å². The first-order valence-electron chi connectivity index (χ1n) is 6.18. The number of carbonyl (C=O) groups excluding carboxylic acids is 1. The number of nitrogens with zero attached hydrogens (tertiary/aromatic N) is 3. The van der Waals surface area contributed by atoms with Crippen LogP contribution in [0.3, 0.4) is 0 Å². The Morgan fingerprint density at radius 1 is 1.44 bits per heavy atom. The summed E-state index contributed by atoms with van der Waals surface area (Å²) in [6.07, 6.45) is 2.50. The van der Waals surface area contributed by atoms with Crippen LogP contribution in [0.5, 0.6) is 0 Å². The fraction of sp³-hybridized carbons (Fsp3) is 0.583. The van der Waals surface area contributed by atoms with Crippen molar-refractivity contribution in [3.05, 3.63) is 23.0 Å². The average molecular weight is 269 g/mol. The third-order valence-electron chi connectivity index (χ3n) is 3.19. The first kappa shape index (κ1) is 13.2. The minimum Gasteiger partial charge on any atom is -0.349 e. The number of aromatic nitrogens is 2. The average Bonchev–Trinajstić information content (AvgIpc) is 2.90. The van der Waals surface area contributed by atoms with E-state index >= 15 is 0 Å². The largest absolute Gasteiger partial charge is 0.349 e. The van der Waals surface area contributed by atoms with E-state index in [9.17, 15) is 4.79 Å². The number of halogens is 1. The zero-order chi connectivity index (χ0) is 13.0. The Balaban J connectivity index is 1.82. The summed E-state index contributed by atoms with van der Waals surface area (Å²) >= 11 is 5.62. The third kappa shape index (κ3) is 3.40. The summed E-state index contributed by atoms with van der Waals surface area (Å²) in [5.74, 6) is -0.204. The van der Waals surface area contributed by atoms with Crippen LogP contribution in [0.15, 0.2) is 12.1 Å². The molecular formula is C12H17ClN4O. The quantitative estimate of drug-likeness (QED) is 0.895. The summed E-state index contributed by atoms with van der Waals surface area (Å²) in [4.78, 5) is 14.2. The summed E-state index contributed by atoms with van der Waals surface area (Å²) in [6.45, 7) is 5.00. The fourth-order valence-electron chi connectivity index (χ4n) is 2.08. The van der Waals surface area contributed by atoms with E-state index in [1.54, 1.807) is 12.1 Å². The zero-order valence-electron chi connectivity index (χ0n) is 10.4. The van der Waals surface area contributed by atoms with Gasteiger partial charge in [-0.2, -0.15) is 0 Å². The van der Waals surface area contributed by atoms with Crippen LogP contribution in [0.2, 0.25) is 5.15 Å². The molecule has 0 bridgehead atoms. The van der Waals surface area contributed by atoms with Crippen LogP contribution in [-0.4, -0.2) is 46.7 Å². The van der Waals surface area contributed by atoms with Gasteiger partial charge in [0.15, 0.2) is 10.8 Å². The van der Waals surface area contributed by atoms with Gasteiger partial charge in [0.25, 0.3) is 5.91 Å². The van der Waals surface area contributed by atoms with Crippen molar-refractivity contribution in [1.82, 2.24) is 20.4 Å². The summed E-state index contributed by atoms with van der Waals surface area (Å²) < 4.78 is 0. The molecule has 0 radical (unpaired) electrons. The summed E-state index contributed by atoms with van der Waals surface area (Å²) in [7, 11) is 0. The highest BCUT2D eigenvalue weighted by Crippen LogP contribution is 2.10. The number of amides is 1. The topological polar surface area (TPSA) is 58.1 Å². The van der Waals surface area contributed by atoms with Crippen LogP contribution < -0.4 is 5.32 Å². The molecule has 0 saturated carbocycles. The van der Waals surface area contributed by atoms with E-state index in [1.807, 2.05) is 0 Å². The van der Waals surface area contributed by atoms with Crippen LogP contribution in [0.1, 0.15) is 30.3 Å². The van der Waals surface area contributed by atoms with Crippen LogP contribution in [0.25, 0.3) is 0 Å². The molecule has 98 valence electrons. The van der Waals surface area contributed by atoms with E-state index in [0.29, 0.717) is 18.3 Å². The van der Waals surface area contributed by atoms with E-state index in [2.05, 4.69) is 27.3 Å². The summed E-state index contributed by atoms with van der Waals surface area (Å²) in [5.41, 5.74) is 0.299. The minimum absolute atomic E-state index is 0.204. The number of rotatable bonds is 4. The molecule has 0 aliphatic carbocycles. The molecule has 1 aliphatic heterocycles. The number of nitrogens with one attached hydrogen (secondary N) is 1. The van der Waals surface area contributed by atoms with Crippen molar-refractivity contribution in [2.24, 2.45) is 0 Å². The molecule has 1 unspecified atom stereocenters. The van der Waals surface area contributed by atoms with Gasteiger partial charge < -0.3 is 5.32 Å². The van der Waals surface area contributed by atoms with Crippen molar-refractivity contribution < 1.29 is 4.79 Å². The number of carbonyl (C=O) groups is 1. The van der Waals surface area contributed by atoms with Gasteiger partial charge in [-0.25, -0.2) is 0 Å². The maximum atomic E-state index is 11.8. The molecule has 1 N–H and O–H groups in total. The second-order valence-corrected chi connectivity index (χ2v) is 4.93. The Bertz CT molecular complexity index is 403. The maximum absolute atomic E-state index is 11.8. The Hall–Kier alpha value is -1.20. The Labute approximate surface area is 112 Å². The standard InChI is InChI=1S/C12H17ClN4O/c1-9(17-6-2-3-7-17)8-14-12(18)10-4-5-11(13)16-15-10/h4-5,9H,2-3,6-8H2,1H3,(H,14,18). The normalized spacial score (nSPS) is 17.7. The molecule has 1 aliphatic rings. The monoisotopic (exact) mass is 268 g/mol. The molecule has 1 aromatic heterocycles.